The van der Waals surface area contributed by atoms with Crippen LogP contribution >= 0.6 is 0 Å². The number of ether oxygens (including phenoxy) is 2. The number of anilines is 1. The maximum atomic E-state index is 5.88. The summed E-state index contributed by atoms with van der Waals surface area (Å²) in [5, 5.41) is 3.71. The Bertz CT molecular complexity index is 700. The number of nitrogens with one attached hydrogen (secondary N) is 1. The van der Waals surface area contributed by atoms with Gasteiger partial charge in [-0.15, -0.1) is 0 Å². The lowest BCUT2D eigenvalue weighted by Gasteiger charge is -2.33. The molecule has 1 aliphatic heterocycles. The van der Waals surface area contributed by atoms with Gasteiger partial charge in [0, 0.05) is 31.9 Å². The number of unbranched alkanes of at least 4 members (excludes halogenated alkanes) is 1. The number of benzene rings is 1. The molecule has 5 heteroatoms. The zero-order valence-corrected chi connectivity index (χ0v) is 17.2. The van der Waals surface area contributed by atoms with Gasteiger partial charge in [0.05, 0.1) is 13.2 Å². The van der Waals surface area contributed by atoms with Crippen molar-refractivity contribution in [2.75, 3.05) is 31.2 Å². The summed E-state index contributed by atoms with van der Waals surface area (Å²) in [5.41, 5.74) is 1.23. The molecule has 0 spiro atoms. The van der Waals surface area contributed by atoms with Gasteiger partial charge in [-0.05, 0) is 56.0 Å². The molecular formula is C23H33N3O2. The Morgan fingerprint density at radius 3 is 2.64 bits per heavy atom. The maximum absolute atomic E-state index is 5.88. The number of piperidine rings is 1. The van der Waals surface area contributed by atoms with Crippen molar-refractivity contribution in [3.05, 3.63) is 48.2 Å². The number of hydrogen-bond donors (Lipinski definition) is 1. The molecule has 152 valence electrons. The molecule has 1 aromatic carbocycles. The van der Waals surface area contributed by atoms with Crippen molar-refractivity contribution in [1.29, 1.82) is 0 Å². The second-order valence-electron chi connectivity index (χ2n) is 7.25. The summed E-state index contributed by atoms with van der Waals surface area (Å²) < 4.78 is 11.7. The maximum Gasteiger partial charge on any atom is 0.161 e. The first-order valence-electron chi connectivity index (χ1n) is 10.6. The van der Waals surface area contributed by atoms with E-state index in [1.165, 1.54) is 5.56 Å². The van der Waals surface area contributed by atoms with Crippen LogP contribution in [0.3, 0.4) is 0 Å². The minimum Gasteiger partial charge on any atom is -0.490 e. The van der Waals surface area contributed by atoms with Crippen molar-refractivity contribution in [3.8, 4) is 11.5 Å². The SMILES string of the molecule is CCCCOc1ccc(CNC2CCN(c3ccccn3)CC2)cc1OCC. The zero-order chi connectivity index (χ0) is 19.6. The third-order valence-corrected chi connectivity index (χ3v) is 5.13. The van der Waals surface area contributed by atoms with Gasteiger partial charge in [-0.1, -0.05) is 25.5 Å². The number of pyridine rings is 1. The molecule has 1 aromatic heterocycles. The van der Waals surface area contributed by atoms with Crippen LogP contribution in [0.1, 0.15) is 45.1 Å². The lowest BCUT2D eigenvalue weighted by Crippen LogP contribution is -2.42. The average molecular weight is 384 g/mol. The first kappa shape index (κ1) is 20.5. The number of aromatic nitrogens is 1. The van der Waals surface area contributed by atoms with Crippen molar-refractivity contribution in [1.82, 2.24) is 10.3 Å². The topological polar surface area (TPSA) is 46.6 Å². The van der Waals surface area contributed by atoms with E-state index in [0.29, 0.717) is 12.6 Å². The van der Waals surface area contributed by atoms with Crippen molar-refractivity contribution in [2.24, 2.45) is 0 Å². The number of nitrogens with zero attached hydrogens (tertiary/aromatic N) is 2. The summed E-state index contributed by atoms with van der Waals surface area (Å²) >= 11 is 0. The van der Waals surface area contributed by atoms with Gasteiger partial charge >= 0.3 is 0 Å². The summed E-state index contributed by atoms with van der Waals surface area (Å²) in [6, 6.07) is 12.9. The molecule has 1 fully saturated rings. The van der Waals surface area contributed by atoms with Crippen molar-refractivity contribution < 1.29 is 9.47 Å². The summed E-state index contributed by atoms with van der Waals surface area (Å²) in [4.78, 5) is 6.83. The molecule has 1 N–H and O–H groups in total. The highest BCUT2D eigenvalue weighted by atomic mass is 16.5. The fourth-order valence-corrected chi connectivity index (χ4v) is 3.49. The molecule has 1 saturated heterocycles. The van der Waals surface area contributed by atoms with Crippen LogP contribution in [-0.4, -0.2) is 37.3 Å². The highest BCUT2D eigenvalue weighted by Crippen LogP contribution is 2.29. The van der Waals surface area contributed by atoms with E-state index < -0.39 is 0 Å². The van der Waals surface area contributed by atoms with Gasteiger partial charge in [-0.2, -0.15) is 0 Å². The van der Waals surface area contributed by atoms with E-state index in [2.05, 4.69) is 46.4 Å². The fraction of sp³-hybridized carbons (Fsp3) is 0.522. The van der Waals surface area contributed by atoms with E-state index in [-0.39, 0.29) is 0 Å². The van der Waals surface area contributed by atoms with E-state index >= 15 is 0 Å². The van der Waals surface area contributed by atoms with Gasteiger partial charge in [-0.25, -0.2) is 4.98 Å². The van der Waals surface area contributed by atoms with Crippen LogP contribution in [0.5, 0.6) is 11.5 Å². The Labute approximate surface area is 169 Å². The monoisotopic (exact) mass is 383 g/mol. The quantitative estimate of drug-likeness (QED) is 0.616. The van der Waals surface area contributed by atoms with E-state index in [1.54, 1.807) is 0 Å². The minimum atomic E-state index is 0.538. The smallest absolute Gasteiger partial charge is 0.161 e. The summed E-state index contributed by atoms with van der Waals surface area (Å²) in [6.45, 7) is 8.50. The molecule has 2 aromatic rings. The van der Waals surface area contributed by atoms with E-state index in [9.17, 15) is 0 Å². The van der Waals surface area contributed by atoms with Gasteiger partial charge < -0.3 is 19.7 Å². The van der Waals surface area contributed by atoms with Gasteiger partial charge in [0.15, 0.2) is 11.5 Å². The molecular weight excluding hydrogens is 350 g/mol. The van der Waals surface area contributed by atoms with Gasteiger partial charge in [0.1, 0.15) is 5.82 Å². The molecule has 0 atom stereocenters. The molecule has 1 aliphatic rings. The summed E-state index contributed by atoms with van der Waals surface area (Å²) in [6.07, 6.45) is 6.32. The lowest BCUT2D eigenvalue weighted by molar-refractivity contribution is 0.272. The van der Waals surface area contributed by atoms with E-state index in [1.807, 2.05) is 25.3 Å². The van der Waals surface area contributed by atoms with Crippen LogP contribution in [0.25, 0.3) is 0 Å². The van der Waals surface area contributed by atoms with Gasteiger partial charge in [0.25, 0.3) is 0 Å². The predicted octanol–water partition coefficient (Wildman–Crippen LogP) is 4.42. The van der Waals surface area contributed by atoms with Crippen LogP contribution in [0.15, 0.2) is 42.6 Å². The van der Waals surface area contributed by atoms with Crippen LogP contribution in [0, 0.1) is 0 Å². The average Bonchev–Trinajstić information content (AvgIpc) is 2.75. The lowest BCUT2D eigenvalue weighted by atomic mass is 10.0. The largest absolute Gasteiger partial charge is 0.490 e. The highest BCUT2D eigenvalue weighted by Gasteiger charge is 2.19. The minimum absolute atomic E-state index is 0.538. The molecule has 0 radical (unpaired) electrons. The molecule has 3 rings (SSSR count). The second-order valence-corrected chi connectivity index (χ2v) is 7.25. The molecule has 0 unspecified atom stereocenters. The summed E-state index contributed by atoms with van der Waals surface area (Å²) in [7, 11) is 0. The molecule has 0 saturated carbocycles. The fourth-order valence-electron chi connectivity index (χ4n) is 3.49. The van der Waals surface area contributed by atoms with E-state index in [4.69, 9.17) is 9.47 Å². The van der Waals surface area contributed by atoms with Crippen LogP contribution in [0.2, 0.25) is 0 Å². The van der Waals surface area contributed by atoms with Crippen LogP contribution < -0.4 is 19.7 Å². The third kappa shape index (κ3) is 5.86. The Kier molecular flexibility index (Phi) is 7.97. The van der Waals surface area contributed by atoms with Crippen molar-refractivity contribution in [2.45, 2.75) is 52.1 Å². The van der Waals surface area contributed by atoms with Crippen molar-refractivity contribution in [3.63, 3.8) is 0 Å². The number of hydrogen-bond acceptors (Lipinski definition) is 5. The standard InChI is InChI=1S/C23H33N3O2/c1-3-5-16-28-21-10-9-19(17-22(21)27-4-2)18-25-20-11-14-26(15-12-20)23-8-6-7-13-24-23/h6-10,13,17,20,25H,3-5,11-12,14-16,18H2,1-2H3. The second kappa shape index (κ2) is 10.9. The number of rotatable bonds is 10. The van der Waals surface area contributed by atoms with E-state index in [0.717, 1.165) is 69.2 Å². The zero-order valence-electron chi connectivity index (χ0n) is 17.2. The third-order valence-electron chi connectivity index (χ3n) is 5.13. The molecule has 0 aliphatic carbocycles. The molecule has 5 nitrogen and oxygen atoms in total. The molecule has 2 heterocycles. The Morgan fingerprint density at radius 1 is 1.07 bits per heavy atom. The Hall–Kier alpha value is -2.27. The first-order valence-corrected chi connectivity index (χ1v) is 10.6. The normalized spacial score (nSPS) is 14.9. The highest BCUT2D eigenvalue weighted by molar-refractivity contribution is 5.43. The van der Waals surface area contributed by atoms with Crippen LogP contribution in [0.4, 0.5) is 5.82 Å². The molecule has 0 bridgehead atoms. The summed E-state index contributed by atoms with van der Waals surface area (Å²) in [5.74, 6) is 2.78. The van der Waals surface area contributed by atoms with Crippen LogP contribution in [-0.2, 0) is 6.54 Å². The molecule has 28 heavy (non-hydrogen) atoms. The van der Waals surface area contributed by atoms with Gasteiger partial charge in [0.2, 0.25) is 0 Å². The molecule has 0 amide bonds. The Morgan fingerprint density at radius 2 is 1.93 bits per heavy atom. The van der Waals surface area contributed by atoms with Crippen molar-refractivity contribution >= 4 is 5.82 Å². The first-order chi connectivity index (χ1) is 13.8. The van der Waals surface area contributed by atoms with Gasteiger partial charge in [-0.3, -0.25) is 0 Å². The predicted molar refractivity (Wildman–Crippen MR) is 114 cm³/mol. The Balaban J connectivity index is 1.49.